The average Bonchev–Trinajstić information content (AvgIpc) is 3.91. The minimum Gasteiger partial charge on any atom is -0.455 e. The predicted octanol–water partition coefficient (Wildman–Crippen LogP) is 15.4. The van der Waals surface area contributed by atoms with Gasteiger partial charge in [-0.3, -0.25) is 0 Å². The number of fused-ring (bicyclic) bond motifs is 14. The molecular weight excluding hydrogens is 767 g/mol. The van der Waals surface area contributed by atoms with Crippen LogP contribution in [0.1, 0.15) is 49.9 Å². The van der Waals surface area contributed by atoms with Crippen LogP contribution in [0.3, 0.4) is 0 Å². The van der Waals surface area contributed by atoms with Crippen LogP contribution in [0.15, 0.2) is 180 Å². The SMILES string of the molecule is CC1(C)c2ccccc2-c2c1cc(-c1nc(-c3ccc(-c4ccccc4)cc3)nc(-c3ccc4ccc5c6c(ccc5c4c3)-c3ccccc3C6(C)C)n1)c1c2oc2ccccc21. The Kier molecular flexibility index (Phi) is 7.38. The second-order valence-electron chi connectivity index (χ2n) is 18.3. The van der Waals surface area contributed by atoms with Gasteiger partial charge in [0.05, 0.1) is 0 Å². The molecule has 9 aromatic carbocycles. The highest BCUT2D eigenvalue weighted by Gasteiger charge is 2.39. The van der Waals surface area contributed by atoms with Crippen molar-refractivity contribution in [1.82, 2.24) is 15.0 Å². The van der Waals surface area contributed by atoms with Crippen LogP contribution in [0.2, 0.25) is 0 Å². The first kappa shape index (κ1) is 36.0. The molecule has 0 N–H and O–H groups in total. The van der Waals surface area contributed by atoms with Crippen molar-refractivity contribution >= 4 is 43.5 Å². The molecule has 0 amide bonds. The Bertz CT molecular complexity index is 3730. The first-order valence-corrected chi connectivity index (χ1v) is 21.9. The molecule has 4 heteroatoms. The number of aromatic nitrogens is 3. The van der Waals surface area contributed by atoms with Gasteiger partial charge in [-0.15, -0.1) is 0 Å². The molecule has 0 spiro atoms. The Morgan fingerprint density at radius 2 is 0.984 bits per heavy atom. The van der Waals surface area contributed by atoms with E-state index in [1.165, 1.54) is 66.1 Å². The van der Waals surface area contributed by atoms with Crippen molar-refractivity contribution in [1.29, 1.82) is 0 Å². The van der Waals surface area contributed by atoms with Crippen LogP contribution >= 0.6 is 0 Å². The molecule has 0 fully saturated rings. The minimum absolute atomic E-state index is 0.126. The van der Waals surface area contributed by atoms with E-state index in [2.05, 4.69) is 191 Å². The molecule has 0 atom stereocenters. The van der Waals surface area contributed by atoms with Crippen molar-refractivity contribution in [2.75, 3.05) is 0 Å². The summed E-state index contributed by atoms with van der Waals surface area (Å²) in [6, 6.07) is 63.2. The van der Waals surface area contributed by atoms with Crippen molar-refractivity contribution in [3.8, 4) is 67.5 Å². The Morgan fingerprint density at radius 1 is 0.381 bits per heavy atom. The van der Waals surface area contributed by atoms with Gasteiger partial charge in [0, 0.05) is 43.9 Å². The lowest BCUT2D eigenvalue weighted by molar-refractivity contribution is 0.653. The summed E-state index contributed by atoms with van der Waals surface area (Å²) in [7, 11) is 0. The van der Waals surface area contributed by atoms with Crippen LogP contribution in [-0.2, 0) is 10.8 Å². The first-order valence-electron chi connectivity index (χ1n) is 21.9. The molecule has 0 saturated heterocycles. The summed E-state index contributed by atoms with van der Waals surface area (Å²) in [6.07, 6.45) is 0. The van der Waals surface area contributed by atoms with E-state index >= 15 is 0 Å². The van der Waals surface area contributed by atoms with Gasteiger partial charge in [-0.05, 0) is 89.8 Å². The smallest absolute Gasteiger partial charge is 0.164 e. The van der Waals surface area contributed by atoms with Crippen LogP contribution in [0.4, 0.5) is 0 Å². The van der Waals surface area contributed by atoms with Gasteiger partial charge in [-0.25, -0.2) is 15.0 Å². The van der Waals surface area contributed by atoms with E-state index in [-0.39, 0.29) is 10.8 Å². The second kappa shape index (κ2) is 12.9. The van der Waals surface area contributed by atoms with Gasteiger partial charge in [0.2, 0.25) is 0 Å². The van der Waals surface area contributed by atoms with E-state index in [4.69, 9.17) is 19.4 Å². The fourth-order valence-corrected chi connectivity index (χ4v) is 11.0. The Balaban J connectivity index is 1.06. The molecule has 298 valence electrons. The van der Waals surface area contributed by atoms with Crippen molar-refractivity contribution in [2.24, 2.45) is 0 Å². The summed E-state index contributed by atoms with van der Waals surface area (Å²) < 4.78 is 6.88. The maximum absolute atomic E-state index is 6.88. The topological polar surface area (TPSA) is 51.8 Å². The van der Waals surface area contributed by atoms with Gasteiger partial charge < -0.3 is 4.42 Å². The third-order valence-electron chi connectivity index (χ3n) is 14.1. The quantitative estimate of drug-likeness (QED) is 0.166. The van der Waals surface area contributed by atoms with Crippen molar-refractivity contribution in [3.05, 3.63) is 198 Å². The molecule has 13 rings (SSSR count). The molecular formula is C59H41N3O. The Labute approximate surface area is 365 Å². The van der Waals surface area contributed by atoms with Crippen molar-refractivity contribution in [3.63, 3.8) is 0 Å². The lowest BCUT2D eigenvalue weighted by Gasteiger charge is -2.23. The maximum atomic E-state index is 6.88. The van der Waals surface area contributed by atoms with Gasteiger partial charge in [0.1, 0.15) is 11.2 Å². The van der Waals surface area contributed by atoms with E-state index in [1.54, 1.807) is 0 Å². The predicted molar refractivity (Wildman–Crippen MR) is 259 cm³/mol. The summed E-state index contributed by atoms with van der Waals surface area (Å²) in [5, 5.41) is 6.92. The third kappa shape index (κ3) is 5.12. The lowest BCUT2D eigenvalue weighted by Crippen LogP contribution is -2.15. The number of rotatable bonds is 4. The zero-order chi connectivity index (χ0) is 42.2. The average molecular weight is 808 g/mol. The molecule has 2 aliphatic rings. The van der Waals surface area contributed by atoms with E-state index in [0.29, 0.717) is 17.5 Å². The molecule has 0 saturated carbocycles. The Morgan fingerprint density at radius 3 is 1.79 bits per heavy atom. The molecule has 0 aliphatic heterocycles. The lowest BCUT2D eigenvalue weighted by atomic mass is 9.80. The maximum Gasteiger partial charge on any atom is 0.164 e. The zero-order valence-electron chi connectivity index (χ0n) is 35.5. The van der Waals surface area contributed by atoms with Gasteiger partial charge in [-0.1, -0.05) is 185 Å². The minimum atomic E-state index is -0.269. The van der Waals surface area contributed by atoms with Crippen LogP contribution in [-0.4, -0.2) is 15.0 Å². The normalized spacial score (nSPS) is 14.3. The number of nitrogens with zero attached hydrogens (tertiary/aromatic N) is 3. The summed E-state index contributed by atoms with van der Waals surface area (Å²) in [5.41, 5.74) is 16.7. The Hall–Kier alpha value is -7.69. The summed E-state index contributed by atoms with van der Waals surface area (Å²) >= 11 is 0. The van der Waals surface area contributed by atoms with Crippen LogP contribution < -0.4 is 0 Å². The van der Waals surface area contributed by atoms with Crippen LogP contribution in [0, 0.1) is 0 Å². The fraction of sp³-hybridized carbons (Fsp3) is 0.102. The molecule has 11 aromatic rings. The molecule has 63 heavy (non-hydrogen) atoms. The largest absolute Gasteiger partial charge is 0.455 e. The molecule has 0 radical (unpaired) electrons. The highest BCUT2D eigenvalue weighted by molar-refractivity contribution is 6.18. The van der Waals surface area contributed by atoms with Gasteiger partial charge >= 0.3 is 0 Å². The molecule has 0 unspecified atom stereocenters. The summed E-state index contributed by atoms with van der Waals surface area (Å²) in [4.78, 5) is 16.2. The fourth-order valence-electron chi connectivity index (χ4n) is 11.0. The van der Waals surface area contributed by atoms with E-state index in [1.807, 2.05) is 12.1 Å². The molecule has 2 heterocycles. The zero-order valence-corrected chi connectivity index (χ0v) is 35.5. The summed E-state index contributed by atoms with van der Waals surface area (Å²) in [5.74, 6) is 1.86. The number of para-hydroxylation sites is 1. The monoisotopic (exact) mass is 807 g/mol. The highest BCUT2D eigenvalue weighted by Crippen LogP contribution is 2.55. The van der Waals surface area contributed by atoms with Crippen LogP contribution in [0.25, 0.3) is 111 Å². The summed E-state index contributed by atoms with van der Waals surface area (Å²) in [6.45, 7) is 9.33. The first-order chi connectivity index (χ1) is 30.7. The van der Waals surface area contributed by atoms with Gasteiger partial charge in [-0.2, -0.15) is 0 Å². The van der Waals surface area contributed by atoms with Gasteiger partial charge in [0.15, 0.2) is 17.5 Å². The third-order valence-corrected chi connectivity index (χ3v) is 14.1. The van der Waals surface area contributed by atoms with Crippen molar-refractivity contribution < 1.29 is 4.42 Å². The molecule has 0 bridgehead atoms. The molecule has 4 nitrogen and oxygen atoms in total. The molecule has 2 aliphatic carbocycles. The molecule has 2 aromatic heterocycles. The number of hydrogen-bond donors (Lipinski definition) is 0. The highest BCUT2D eigenvalue weighted by atomic mass is 16.3. The second-order valence-corrected chi connectivity index (χ2v) is 18.3. The van der Waals surface area contributed by atoms with Gasteiger partial charge in [0.25, 0.3) is 0 Å². The van der Waals surface area contributed by atoms with E-state index in [0.717, 1.165) is 49.8 Å². The van der Waals surface area contributed by atoms with E-state index < -0.39 is 0 Å². The standard InChI is InChI=1S/C59H41N3O/c1-58(2)48-20-12-9-17-43(48)52-49(58)33-46(51-44-18-10-13-21-50(44)63-54(51)52)57-61-55(37-25-22-35(23-26-37)34-14-6-5-7-15-34)60-56(62-57)38-27-24-36-28-29-41-39(45(36)32-38)30-31-42-40-16-8-11-19-47(40)59(3,4)53(41)42/h5-33H,1-4H3. The van der Waals surface area contributed by atoms with Crippen molar-refractivity contribution in [2.45, 2.75) is 38.5 Å². The van der Waals surface area contributed by atoms with Crippen LogP contribution in [0.5, 0.6) is 0 Å². The number of furan rings is 1. The number of hydrogen-bond acceptors (Lipinski definition) is 4. The van der Waals surface area contributed by atoms with E-state index in [9.17, 15) is 0 Å². The number of benzene rings is 9.